The molecule has 1 amide bonds. The molecule has 0 saturated carbocycles. The molecule has 5 rings (SSSR count). The maximum absolute atomic E-state index is 12.7. The number of thiophene rings is 1. The molecule has 1 unspecified atom stereocenters. The minimum absolute atomic E-state index is 0.114. The highest BCUT2D eigenvalue weighted by Crippen LogP contribution is 2.24. The summed E-state index contributed by atoms with van der Waals surface area (Å²) in [5, 5.41) is 10.4. The molecule has 2 saturated heterocycles. The van der Waals surface area contributed by atoms with Crippen LogP contribution in [0.4, 0.5) is 11.6 Å². The van der Waals surface area contributed by atoms with E-state index in [-0.39, 0.29) is 24.2 Å². The van der Waals surface area contributed by atoms with Crippen LogP contribution in [0.25, 0.3) is 0 Å². The number of carbonyl (C=O) groups is 2. The Kier molecular flexibility index (Phi) is 7.17. The number of ether oxygens (including phenoxy) is 1. The number of Topliss-reactive ketones (excluding diaryl/α,β-unsaturated/α-hetero) is 1. The molecule has 2 aliphatic heterocycles. The number of ketones is 1. The lowest BCUT2D eigenvalue weighted by molar-refractivity contribution is -0.134. The van der Waals surface area contributed by atoms with Crippen molar-refractivity contribution in [3.8, 4) is 5.88 Å². The fourth-order valence-corrected chi connectivity index (χ4v) is 5.27. The molecule has 35 heavy (non-hydrogen) atoms. The Hall–Kier alpha value is -3.53. The SMILES string of the molecule is O=C(c1cccs1)C1CCCN(C(=O)COc2ccc(N3CCN(c4ccccn4)CC3)nn2)C1. The number of amides is 1. The average molecular weight is 493 g/mol. The van der Waals surface area contributed by atoms with Crippen molar-refractivity contribution < 1.29 is 14.3 Å². The third kappa shape index (κ3) is 5.59. The molecule has 3 aromatic rings. The van der Waals surface area contributed by atoms with Gasteiger partial charge in [0.2, 0.25) is 5.88 Å². The Morgan fingerprint density at radius 2 is 1.77 bits per heavy atom. The maximum atomic E-state index is 12.7. The van der Waals surface area contributed by atoms with E-state index in [1.54, 1.807) is 11.0 Å². The Morgan fingerprint density at radius 1 is 0.943 bits per heavy atom. The highest BCUT2D eigenvalue weighted by atomic mass is 32.1. The van der Waals surface area contributed by atoms with Crippen LogP contribution in [0.2, 0.25) is 0 Å². The Labute approximate surface area is 208 Å². The zero-order valence-corrected chi connectivity index (χ0v) is 20.3. The van der Waals surface area contributed by atoms with E-state index in [0.717, 1.165) is 55.5 Å². The quantitative estimate of drug-likeness (QED) is 0.465. The van der Waals surface area contributed by atoms with Crippen molar-refractivity contribution in [2.45, 2.75) is 12.8 Å². The highest BCUT2D eigenvalue weighted by molar-refractivity contribution is 7.12. The van der Waals surface area contributed by atoms with Gasteiger partial charge >= 0.3 is 0 Å². The third-order valence-electron chi connectivity index (χ3n) is 6.46. The third-order valence-corrected chi connectivity index (χ3v) is 7.34. The van der Waals surface area contributed by atoms with Gasteiger partial charge in [0, 0.05) is 57.4 Å². The Bertz CT molecular complexity index is 1120. The first kappa shape index (κ1) is 23.2. The number of aromatic nitrogens is 3. The normalized spacial score (nSPS) is 18.4. The van der Waals surface area contributed by atoms with E-state index in [4.69, 9.17) is 4.74 Å². The molecule has 2 aliphatic rings. The van der Waals surface area contributed by atoms with Crippen LogP contribution in [-0.4, -0.2) is 77.6 Å². The topological polar surface area (TPSA) is 91.8 Å². The van der Waals surface area contributed by atoms with Crippen LogP contribution in [0.3, 0.4) is 0 Å². The molecule has 182 valence electrons. The summed E-state index contributed by atoms with van der Waals surface area (Å²) in [6.07, 6.45) is 3.44. The monoisotopic (exact) mass is 492 g/mol. The molecule has 0 N–H and O–H groups in total. The van der Waals surface area contributed by atoms with Crippen LogP contribution < -0.4 is 14.5 Å². The van der Waals surface area contributed by atoms with Crippen LogP contribution in [0.1, 0.15) is 22.5 Å². The number of piperidine rings is 1. The Balaban J connectivity index is 1.09. The van der Waals surface area contributed by atoms with Crippen LogP contribution in [-0.2, 0) is 4.79 Å². The summed E-state index contributed by atoms with van der Waals surface area (Å²) >= 11 is 1.45. The number of anilines is 2. The van der Waals surface area contributed by atoms with Crippen molar-refractivity contribution in [2.24, 2.45) is 5.92 Å². The molecule has 3 aromatic heterocycles. The first-order chi connectivity index (χ1) is 17.2. The predicted octanol–water partition coefficient (Wildman–Crippen LogP) is 2.76. The molecule has 0 bridgehead atoms. The fraction of sp³-hybridized carbons (Fsp3) is 0.400. The molecular formula is C25H28N6O3S. The second-order valence-corrected chi connectivity index (χ2v) is 9.65. The van der Waals surface area contributed by atoms with Gasteiger partial charge in [-0.15, -0.1) is 21.5 Å². The summed E-state index contributed by atoms with van der Waals surface area (Å²) in [6.45, 7) is 4.33. The molecule has 2 fully saturated rings. The largest absolute Gasteiger partial charge is 0.466 e. The van der Waals surface area contributed by atoms with Crippen LogP contribution in [0.15, 0.2) is 54.0 Å². The van der Waals surface area contributed by atoms with E-state index in [0.29, 0.717) is 19.0 Å². The fourth-order valence-electron chi connectivity index (χ4n) is 4.53. The number of nitrogens with zero attached hydrogens (tertiary/aromatic N) is 6. The van der Waals surface area contributed by atoms with Crippen LogP contribution >= 0.6 is 11.3 Å². The van der Waals surface area contributed by atoms with Gasteiger partial charge < -0.3 is 19.4 Å². The zero-order valence-electron chi connectivity index (χ0n) is 19.5. The van der Waals surface area contributed by atoms with Gasteiger partial charge in [-0.2, -0.15) is 0 Å². The second-order valence-electron chi connectivity index (χ2n) is 8.70. The molecule has 5 heterocycles. The molecular weight excluding hydrogens is 464 g/mol. The van der Waals surface area contributed by atoms with E-state index in [2.05, 4.69) is 25.0 Å². The van der Waals surface area contributed by atoms with Crippen LogP contribution in [0.5, 0.6) is 5.88 Å². The molecule has 0 aliphatic carbocycles. The number of hydrogen-bond acceptors (Lipinski definition) is 9. The zero-order chi connectivity index (χ0) is 24.0. The van der Waals surface area contributed by atoms with Gasteiger partial charge in [-0.3, -0.25) is 9.59 Å². The van der Waals surface area contributed by atoms with Gasteiger partial charge in [0.1, 0.15) is 5.82 Å². The van der Waals surface area contributed by atoms with Crippen molar-refractivity contribution in [1.82, 2.24) is 20.1 Å². The molecule has 0 radical (unpaired) electrons. The van der Waals surface area contributed by atoms with E-state index >= 15 is 0 Å². The lowest BCUT2D eigenvalue weighted by Crippen LogP contribution is -2.47. The summed E-state index contributed by atoms with van der Waals surface area (Å²) in [5.41, 5.74) is 0. The van der Waals surface area contributed by atoms with E-state index in [9.17, 15) is 9.59 Å². The van der Waals surface area contributed by atoms with Crippen molar-refractivity contribution in [3.05, 3.63) is 58.9 Å². The molecule has 0 spiro atoms. The summed E-state index contributed by atoms with van der Waals surface area (Å²) in [7, 11) is 0. The van der Waals surface area contributed by atoms with Crippen LogP contribution in [0, 0.1) is 5.92 Å². The number of rotatable bonds is 7. The highest BCUT2D eigenvalue weighted by Gasteiger charge is 2.29. The maximum Gasteiger partial charge on any atom is 0.260 e. The first-order valence-corrected chi connectivity index (χ1v) is 12.8. The minimum atomic E-state index is -0.149. The number of likely N-dealkylation sites (tertiary alicyclic amines) is 1. The van der Waals surface area contributed by atoms with Gasteiger partial charge in [0.05, 0.1) is 4.88 Å². The van der Waals surface area contributed by atoms with Crippen molar-refractivity contribution in [2.75, 3.05) is 55.7 Å². The lowest BCUT2D eigenvalue weighted by atomic mass is 9.93. The number of hydrogen-bond donors (Lipinski definition) is 0. The molecule has 10 heteroatoms. The van der Waals surface area contributed by atoms with Gasteiger partial charge in [0.15, 0.2) is 18.2 Å². The minimum Gasteiger partial charge on any atom is -0.466 e. The van der Waals surface area contributed by atoms with E-state index in [1.165, 1.54) is 11.3 Å². The summed E-state index contributed by atoms with van der Waals surface area (Å²) < 4.78 is 5.62. The van der Waals surface area contributed by atoms with Crippen molar-refractivity contribution >= 4 is 34.7 Å². The standard InChI is InChI=1S/C25H28N6O3S/c32-24(31-11-3-5-19(17-31)25(33)20-6-4-16-35-20)18-34-23-9-8-22(27-28-23)30-14-12-29(13-15-30)21-7-1-2-10-26-21/h1-2,4,6-10,16,19H,3,5,11-15,17-18H2. The molecule has 0 aromatic carbocycles. The summed E-state index contributed by atoms with van der Waals surface area (Å²) in [4.78, 5) is 36.7. The number of carbonyl (C=O) groups excluding carboxylic acids is 2. The van der Waals surface area contributed by atoms with E-state index < -0.39 is 0 Å². The van der Waals surface area contributed by atoms with Gasteiger partial charge in [0.25, 0.3) is 5.91 Å². The lowest BCUT2D eigenvalue weighted by Gasteiger charge is -2.35. The van der Waals surface area contributed by atoms with E-state index in [1.807, 2.05) is 48.0 Å². The summed E-state index contributed by atoms with van der Waals surface area (Å²) in [5.74, 6) is 1.94. The van der Waals surface area contributed by atoms with Gasteiger partial charge in [-0.1, -0.05) is 12.1 Å². The summed E-state index contributed by atoms with van der Waals surface area (Å²) in [6, 6.07) is 13.3. The molecule has 1 atom stereocenters. The van der Waals surface area contributed by atoms with Gasteiger partial charge in [-0.25, -0.2) is 4.98 Å². The first-order valence-electron chi connectivity index (χ1n) is 11.9. The smallest absolute Gasteiger partial charge is 0.260 e. The second kappa shape index (κ2) is 10.8. The number of pyridine rings is 1. The van der Waals surface area contributed by atoms with Crippen molar-refractivity contribution in [3.63, 3.8) is 0 Å². The Morgan fingerprint density at radius 3 is 2.46 bits per heavy atom. The predicted molar refractivity (Wildman–Crippen MR) is 134 cm³/mol. The number of piperazine rings is 1. The average Bonchev–Trinajstić information content (AvgIpc) is 3.47. The van der Waals surface area contributed by atoms with Gasteiger partial charge in [-0.05, 0) is 42.5 Å². The van der Waals surface area contributed by atoms with Crippen molar-refractivity contribution in [1.29, 1.82) is 0 Å². The molecule has 9 nitrogen and oxygen atoms in total.